The van der Waals surface area contributed by atoms with Crippen LogP contribution in [0.25, 0.3) is 0 Å². The topological polar surface area (TPSA) is 15.3 Å². The predicted molar refractivity (Wildman–Crippen MR) is 85.5 cm³/mol. The number of hydrogen-bond donors (Lipinski definition) is 1. The minimum atomic E-state index is 0.260. The van der Waals surface area contributed by atoms with Gasteiger partial charge in [-0.25, -0.2) is 0 Å². The lowest BCUT2D eigenvalue weighted by Crippen LogP contribution is -2.42. The van der Waals surface area contributed by atoms with Crippen molar-refractivity contribution in [1.29, 1.82) is 0 Å². The molecule has 1 aromatic carbocycles. The number of nitrogens with one attached hydrogen (secondary N) is 1. The van der Waals surface area contributed by atoms with Crippen LogP contribution in [0.4, 0.5) is 0 Å². The number of hydrogen-bond acceptors (Lipinski definition) is 3. The van der Waals surface area contributed by atoms with Gasteiger partial charge in [0, 0.05) is 42.2 Å². The van der Waals surface area contributed by atoms with E-state index >= 15 is 0 Å². The summed E-state index contributed by atoms with van der Waals surface area (Å²) in [6, 6.07) is 12.1. The number of thioether (sulfide) groups is 1. The Bertz CT molecular complexity index is 332. The molecule has 0 aliphatic carbocycles. The van der Waals surface area contributed by atoms with Crippen LogP contribution in [0.3, 0.4) is 0 Å². The molecule has 0 aromatic heterocycles. The van der Waals surface area contributed by atoms with E-state index in [0.29, 0.717) is 0 Å². The van der Waals surface area contributed by atoms with Crippen molar-refractivity contribution in [3.8, 4) is 0 Å². The van der Waals surface area contributed by atoms with Crippen LogP contribution >= 0.6 is 11.8 Å². The van der Waals surface area contributed by atoms with Crippen molar-refractivity contribution in [2.45, 2.75) is 32.1 Å². The largest absolute Gasteiger partial charge is 0.315 e. The van der Waals surface area contributed by atoms with Gasteiger partial charge in [0.15, 0.2) is 0 Å². The van der Waals surface area contributed by atoms with Gasteiger partial charge >= 0.3 is 0 Å². The molecular weight excluding hydrogens is 252 g/mol. The van der Waals surface area contributed by atoms with Gasteiger partial charge < -0.3 is 10.2 Å². The molecule has 0 saturated carbocycles. The highest BCUT2D eigenvalue weighted by molar-refractivity contribution is 7.98. The van der Waals surface area contributed by atoms with Crippen molar-refractivity contribution >= 4 is 11.8 Å². The van der Waals surface area contributed by atoms with Crippen LogP contribution in [0.5, 0.6) is 0 Å². The highest BCUT2D eigenvalue weighted by Gasteiger charge is 2.15. The molecule has 0 amide bonds. The Hall–Kier alpha value is -0.690. The number of nitrogens with zero attached hydrogens (tertiary/aromatic N) is 1. The summed E-state index contributed by atoms with van der Waals surface area (Å²) in [6.45, 7) is 9.96. The van der Waals surface area contributed by atoms with Gasteiger partial charge in [-0.3, -0.25) is 0 Å². The van der Waals surface area contributed by atoms with Crippen LogP contribution in [-0.2, 0) is 5.75 Å². The monoisotopic (exact) mass is 278 g/mol. The van der Waals surface area contributed by atoms with E-state index in [9.17, 15) is 0 Å². The lowest BCUT2D eigenvalue weighted by molar-refractivity contribution is 0.177. The van der Waals surface area contributed by atoms with Crippen LogP contribution < -0.4 is 5.32 Å². The molecule has 19 heavy (non-hydrogen) atoms. The van der Waals surface area contributed by atoms with Gasteiger partial charge in [-0.1, -0.05) is 18.2 Å². The third-order valence-corrected chi connectivity index (χ3v) is 4.17. The maximum Gasteiger partial charge on any atom is 0.0265 e. The molecule has 0 saturated heterocycles. The molecule has 1 N–H and O–H groups in total. The fraction of sp³-hybridized carbons (Fsp3) is 0.625. The second-order valence-corrected chi connectivity index (χ2v) is 6.82. The average molecular weight is 278 g/mol. The second-order valence-electron chi connectivity index (χ2n) is 5.72. The maximum atomic E-state index is 3.49. The summed E-state index contributed by atoms with van der Waals surface area (Å²) in [5, 5.41) is 3.49. The molecule has 0 heterocycles. The molecular formula is C16H26N2S. The molecule has 0 radical (unpaired) electrons. The number of rotatable bonds is 8. The molecule has 1 rings (SSSR count). The van der Waals surface area contributed by atoms with Crippen LogP contribution in [0.1, 0.15) is 26.3 Å². The predicted octanol–water partition coefficient (Wildman–Crippen LogP) is 2.84. The lowest BCUT2D eigenvalue weighted by Gasteiger charge is -2.31. The molecule has 1 aromatic rings. The molecule has 0 aliphatic heterocycles. The summed E-state index contributed by atoms with van der Waals surface area (Å²) < 4.78 is 0. The van der Waals surface area contributed by atoms with Gasteiger partial charge in [-0.05, 0) is 40.0 Å². The van der Waals surface area contributed by atoms with Crippen molar-refractivity contribution in [3.05, 3.63) is 35.9 Å². The molecule has 3 heteroatoms. The number of likely N-dealkylation sites (N-methyl/N-ethyl adjacent to an activating group) is 1. The van der Waals surface area contributed by atoms with E-state index in [0.717, 1.165) is 31.1 Å². The summed E-state index contributed by atoms with van der Waals surface area (Å²) in [7, 11) is 2.18. The van der Waals surface area contributed by atoms with E-state index in [1.165, 1.54) is 5.56 Å². The summed E-state index contributed by atoms with van der Waals surface area (Å²) in [4.78, 5) is 2.38. The Balaban J connectivity index is 1.97. The Kier molecular flexibility index (Phi) is 7.30. The lowest BCUT2D eigenvalue weighted by atomic mass is 10.1. The highest BCUT2D eigenvalue weighted by atomic mass is 32.2. The van der Waals surface area contributed by atoms with Gasteiger partial charge in [0.1, 0.15) is 0 Å². The van der Waals surface area contributed by atoms with Crippen molar-refractivity contribution in [2.75, 3.05) is 32.4 Å². The summed E-state index contributed by atoms with van der Waals surface area (Å²) >= 11 is 1.94. The summed E-state index contributed by atoms with van der Waals surface area (Å²) in [5.74, 6) is 2.17. The van der Waals surface area contributed by atoms with Gasteiger partial charge in [-0.15, -0.1) is 0 Å². The Labute approximate surface area is 123 Å². The summed E-state index contributed by atoms with van der Waals surface area (Å²) in [6.07, 6.45) is 0. The smallest absolute Gasteiger partial charge is 0.0265 e. The minimum absolute atomic E-state index is 0.260. The van der Waals surface area contributed by atoms with Gasteiger partial charge in [-0.2, -0.15) is 11.8 Å². The first-order valence-corrected chi connectivity index (χ1v) is 8.02. The first-order chi connectivity index (χ1) is 9.00. The van der Waals surface area contributed by atoms with Gasteiger partial charge in [0.05, 0.1) is 0 Å². The maximum absolute atomic E-state index is 3.49. The minimum Gasteiger partial charge on any atom is -0.315 e. The zero-order chi connectivity index (χ0) is 14.1. The third-order valence-electron chi connectivity index (χ3n) is 3.16. The molecule has 0 spiro atoms. The van der Waals surface area contributed by atoms with Crippen LogP contribution in [-0.4, -0.2) is 42.9 Å². The highest BCUT2D eigenvalue weighted by Crippen LogP contribution is 2.09. The van der Waals surface area contributed by atoms with Gasteiger partial charge in [0.2, 0.25) is 0 Å². The quantitative estimate of drug-likeness (QED) is 0.736. The Morgan fingerprint density at radius 3 is 2.74 bits per heavy atom. The first kappa shape index (κ1) is 16.4. The molecule has 0 bridgehead atoms. The van der Waals surface area contributed by atoms with Crippen LogP contribution in [0.15, 0.2) is 18.2 Å². The van der Waals surface area contributed by atoms with Crippen molar-refractivity contribution < 1.29 is 0 Å². The average Bonchev–Trinajstić information content (AvgIpc) is 2.37. The molecule has 0 aliphatic rings. The fourth-order valence-electron chi connectivity index (χ4n) is 1.51. The van der Waals surface area contributed by atoms with E-state index in [2.05, 4.69) is 56.2 Å². The van der Waals surface area contributed by atoms with Crippen LogP contribution in [0, 0.1) is 12.1 Å². The van der Waals surface area contributed by atoms with Crippen molar-refractivity contribution in [3.63, 3.8) is 0 Å². The molecule has 0 fully saturated rings. The second kappa shape index (κ2) is 8.47. The zero-order valence-electron chi connectivity index (χ0n) is 12.6. The standard InChI is InChI=1S/C16H26N2S/c1-16(2,3)18(4)12-10-17-11-13-19-14-15-8-6-5-7-9-15/h5-6,8,17H,10-14H2,1-4H3. The van der Waals surface area contributed by atoms with E-state index in [1.54, 1.807) is 0 Å². The van der Waals surface area contributed by atoms with E-state index in [-0.39, 0.29) is 5.54 Å². The fourth-order valence-corrected chi connectivity index (χ4v) is 2.33. The van der Waals surface area contributed by atoms with Crippen molar-refractivity contribution in [2.24, 2.45) is 0 Å². The van der Waals surface area contributed by atoms with Crippen molar-refractivity contribution in [1.82, 2.24) is 10.2 Å². The first-order valence-electron chi connectivity index (χ1n) is 6.87. The SMILES string of the molecule is CN(CCNCCSCc1c#cccc1)C(C)(C)C. The Morgan fingerprint density at radius 1 is 1.32 bits per heavy atom. The zero-order valence-corrected chi connectivity index (χ0v) is 13.4. The van der Waals surface area contributed by atoms with Gasteiger partial charge in [0.25, 0.3) is 0 Å². The Morgan fingerprint density at radius 2 is 2.11 bits per heavy atom. The van der Waals surface area contributed by atoms with E-state index in [1.807, 2.05) is 23.9 Å². The molecule has 0 atom stereocenters. The van der Waals surface area contributed by atoms with Crippen LogP contribution in [0.2, 0.25) is 0 Å². The van der Waals surface area contributed by atoms with E-state index in [4.69, 9.17) is 0 Å². The molecule has 2 nitrogen and oxygen atoms in total. The third kappa shape index (κ3) is 7.47. The van der Waals surface area contributed by atoms with E-state index < -0.39 is 0 Å². The molecule has 0 unspecified atom stereocenters. The molecule has 106 valence electrons. The normalized spacial score (nSPS) is 11.6. The summed E-state index contributed by atoms with van der Waals surface area (Å²) in [5.41, 5.74) is 1.50.